The fourth-order valence-electron chi connectivity index (χ4n) is 2.53. The molecule has 0 spiro atoms. The SMILES string of the molecule is CC.N[C@@H]1CN(C(=O)C2CCC(F)CC2)CC1F.[HH]. The number of likely N-dealkylation sites (tertiary alicyclic amines) is 1. The molecule has 5 heteroatoms. The smallest absolute Gasteiger partial charge is 0.225 e. The van der Waals surface area contributed by atoms with Crippen molar-refractivity contribution < 1.29 is 15.0 Å². The summed E-state index contributed by atoms with van der Waals surface area (Å²) >= 11 is 0. The Hall–Kier alpha value is -0.710. The summed E-state index contributed by atoms with van der Waals surface area (Å²) in [5, 5.41) is 0. The van der Waals surface area contributed by atoms with Crippen LogP contribution in [0, 0.1) is 5.92 Å². The zero-order valence-corrected chi connectivity index (χ0v) is 11.2. The summed E-state index contributed by atoms with van der Waals surface area (Å²) in [5.74, 6) is -0.160. The molecule has 0 bridgehead atoms. The summed E-state index contributed by atoms with van der Waals surface area (Å²) < 4.78 is 26.1. The van der Waals surface area contributed by atoms with Crippen LogP contribution in [0.4, 0.5) is 8.78 Å². The van der Waals surface area contributed by atoms with E-state index in [-0.39, 0.29) is 19.8 Å². The van der Waals surface area contributed by atoms with Gasteiger partial charge < -0.3 is 10.6 Å². The number of hydrogen-bond acceptors (Lipinski definition) is 2. The number of hydrogen-bond donors (Lipinski definition) is 1. The molecular weight excluding hydrogens is 238 g/mol. The van der Waals surface area contributed by atoms with E-state index in [1.54, 1.807) is 0 Å². The molecule has 108 valence electrons. The van der Waals surface area contributed by atoms with Gasteiger partial charge >= 0.3 is 0 Å². The first-order valence-electron chi connectivity index (χ1n) is 6.90. The van der Waals surface area contributed by atoms with Gasteiger partial charge in [0.2, 0.25) is 5.91 Å². The Labute approximate surface area is 109 Å². The van der Waals surface area contributed by atoms with E-state index in [0.717, 1.165) is 0 Å². The minimum absolute atomic E-state index is 0. The van der Waals surface area contributed by atoms with Gasteiger partial charge in [-0.05, 0) is 25.7 Å². The van der Waals surface area contributed by atoms with Crippen molar-refractivity contribution in [3.05, 3.63) is 0 Å². The fraction of sp³-hybridized carbons (Fsp3) is 0.923. The summed E-state index contributed by atoms with van der Waals surface area (Å²) in [5.41, 5.74) is 5.53. The van der Waals surface area contributed by atoms with Gasteiger partial charge in [0.25, 0.3) is 0 Å². The van der Waals surface area contributed by atoms with E-state index in [4.69, 9.17) is 5.73 Å². The number of rotatable bonds is 1. The number of carbonyl (C=O) groups excluding carboxylic acids is 1. The Balaban J connectivity index is 0.00000103. The Morgan fingerprint density at radius 2 is 1.72 bits per heavy atom. The average Bonchev–Trinajstić information content (AvgIpc) is 2.72. The first kappa shape index (κ1) is 15.3. The maximum atomic E-state index is 13.2. The predicted octanol–water partition coefficient (Wildman–Crippen LogP) is 2.29. The van der Waals surface area contributed by atoms with Crippen molar-refractivity contribution in [2.24, 2.45) is 11.7 Å². The van der Waals surface area contributed by atoms with Gasteiger partial charge in [-0.3, -0.25) is 4.79 Å². The normalized spacial score (nSPS) is 35.9. The van der Waals surface area contributed by atoms with Crippen LogP contribution in [0.15, 0.2) is 0 Å². The van der Waals surface area contributed by atoms with Gasteiger partial charge in [-0.1, -0.05) is 13.8 Å². The monoisotopic (exact) mass is 264 g/mol. The van der Waals surface area contributed by atoms with E-state index >= 15 is 0 Å². The summed E-state index contributed by atoms with van der Waals surface area (Å²) in [6.07, 6.45) is 0.205. The molecule has 1 aliphatic carbocycles. The van der Waals surface area contributed by atoms with Gasteiger partial charge in [-0.15, -0.1) is 0 Å². The van der Waals surface area contributed by atoms with Crippen molar-refractivity contribution in [3.8, 4) is 0 Å². The predicted molar refractivity (Wildman–Crippen MR) is 69.8 cm³/mol. The molecule has 1 saturated carbocycles. The minimum Gasteiger partial charge on any atom is -0.338 e. The Morgan fingerprint density at radius 3 is 2.17 bits per heavy atom. The molecule has 2 atom stereocenters. The van der Waals surface area contributed by atoms with Gasteiger partial charge in [0.1, 0.15) is 12.3 Å². The lowest BCUT2D eigenvalue weighted by Crippen LogP contribution is -2.37. The number of nitrogens with zero attached hydrogens (tertiary/aromatic N) is 1. The maximum Gasteiger partial charge on any atom is 0.225 e. The maximum absolute atomic E-state index is 13.2. The van der Waals surface area contributed by atoms with Crippen molar-refractivity contribution in [3.63, 3.8) is 0 Å². The van der Waals surface area contributed by atoms with Crippen LogP contribution in [-0.4, -0.2) is 42.3 Å². The van der Waals surface area contributed by atoms with Crippen LogP contribution in [0.3, 0.4) is 0 Å². The topological polar surface area (TPSA) is 46.3 Å². The third kappa shape index (κ3) is 3.64. The Morgan fingerprint density at radius 1 is 1.17 bits per heavy atom. The molecule has 1 amide bonds. The Bertz CT molecular complexity index is 263. The highest BCUT2D eigenvalue weighted by Crippen LogP contribution is 2.28. The molecule has 1 unspecified atom stereocenters. The van der Waals surface area contributed by atoms with Crippen molar-refractivity contribution in [1.82, 2.24) is 4.90 Å². The molecule has 0 radical (unpaired) electrons. The second-order valence-electron chi connectivity index (χ2n) is 4.87. The van der Waals surface area contributed by atoms with Crippen LogP contribution in [0.1, 0.15) is 41.0 Å². The molecule has 2 rings (SSSR count). The van der Waals surface area contributed by atoms with Crippen LogP contribution in [0.2, 0.25) is 0 Å². The summed E-state index contributed by atoms with van der Waals surface area (Å²) in [6.45, 7) is 4.41. The molecule has 3 nitrogen and oxygen atoms in total. The van der Waals surface area contributed by atoms with Crippen LogP contribution in [-0.2, 0) is 4.79 Å². The molecule has 1 saturated heterocycles. The van der Waals surface area contributed by atoms with Gasteiger partial charge in [0, 0.05) is 13.9 Å². The van der Waals surface area contributed by atoms with E-state index < -0.39 is 18.4 Å². The lowest BCUT2D eigenvalue weighted by atomic mass is 9.87. The quantitative estimate of drug-likeness (QED) is 0.790. The Kier molecular flexibility index (Phi) is 5.99. The standard InChI is InChI=1S/C11H18F2N2O.C2H6.H2/c12-8-3-1-7(2-4-8)11(16)15-5-9(13)10(14)6-15;1-2;/h7-10H,1-6,14H2;1-2H3;1H/t7?,8?,9?,10-;;/m1../s1. The van der Waals surface area contributed by atoms with Crippen molar-refractivity contribution in [1.29, 1.82) is 0 Å². The number of nitrogens with two attached hydrogens (primary N) is 1. The van der Waals surface area contributed by atoms with E-state index in [9.17, 15) is 13.6 Å². The zero-order chi connectivity index (χ0) is 13.7. The molecule has 1 heterocycles. The number of carbonyl (C=O) groups is 1. The number of alkyl halides is 2. The molecule has 18 heavy (non-hydrogen) atoms. The summed E-state index contributed by atoms with van der Waals surface area (Å²) in [6, 6.07) is -0.554. The van der Waals surface area contributed by atoms with E-state index in [0.29, 0.717) is 32.2 Å². The van der Waals surface area contributed by atoms with Gasteiger partial charge in [0.05, 0.1) is 12.6 Å². The van der Waals surface area contributed by atoms with Crippen molar-refractivity contribution in [2.45, 2.75) is 57.9 Å². The molecule has 1 aliphatic heterocycles. The van der Waals surface area contributed by atoms with Gasteiger partial charge in [0.15, 0.2) is 0 Å². The van der Waals surface area contributed by atoms with Crippen LogP contribution >= 0.6 is 0 Å². The fourth-order valence-corrected chi connectivity index (χ4v) is 2.53. The summed E-state index contributed by atoms with van der Waals surface area (Å²) in [7, 11) is 0. The molecule has 2 fully saturated rings. The number of halogens is 2. The highest BCUT2D eigenvalue weighted by Gasteiger charge is 2.36. The number of amides is 1. The first-order valence-corrected chi connectivity index (χ1v) is 6.90. The van der Waals surface area contributed by atoms with Crippen molar-refractivity contribution in [2.75, 3.05) is 13.1 Å². The molecule has 0 aromatic carbocycles. The lowest BCUT2D eigenvalue weighted by Gasteiger charge is -2.27. The van der Waals surface area contributed by atoms with Crippen LogP contribution < -0.4 is 5.73 Å². The van der Waals surface area contributed by atoms with Gasteiger partial charge in [-0.25, -0.2) is 8.78 Å². The molecule has 2 aliphatic rings. The van der Waals surface area contributed by atoms with E-state index in [1.165, 1.54) is 4.90 Å². The molecular formula is C13H26F2N2O. The van der Waals surface area contributed by atoms with Crippen LogP contribution in [0.25, 0.3) is 0 Å². The largest absolute Gasteiger partial charge is 0.338 e. The zero-order valence-electron chi connectivity index (χ0n) is 11.2. The minimum atomic E-state index is -1.11. The molecule has 2 N–H and O–H groups in total. The van der Waals surface area contributed by atoms with Crippen molar-refractivity contribution >= 4 is 5.91 Å². The third-order valence-electron chi connectivity index (χ3n) is 3.61. The summed E-state index contributed by atoms with van der Waals surface area (Å²) in [4.78, 5) is 13.5. The average molecular weight is 264 g/mol. The van der Waals surface area contributed by atoms with E-state index in [2.05, 4.69) is 0 Å². The second-order valence-corrected chi connectivity index (χ2v) is 4.87. The third-order valence-corrected chi connectivity index (χ3v) is 3.61. The molecule has 0 aromatic rings. The lowest BCUT2D eigenvalue weighted by molar-refractivity contribution is -0.136. The molecule has 0 aromatic heterocycles. The second kappa shape index (κ2) is 7.02. The van der Waals surface area contributed by atoms with E-state index in [1.807, 2.05) is 13.8 Å². The highest BCUT2D eigenvalue weighted by molar-refractivity contribution is 5.79. The van der Waals surface area contributed by atoms with Crippen LogP contribution in [0.5, 0.6) is 0 Å². The first-order chi connectivity index (χ1) is 8.58. The van der Waals surface area contributed by atoms with Gasteiger partial charge in [-0.2, -0.15) is 0 Å². The highest BCUT2D eigenvalue weighted by atomic mass is 19.1.